The molecular weight excluding hydrogens is 644 g/mol. The molecule has 0 saturated heterocycles. The van der Waals surface area contributed by atoms with Gasteiger partial charge in [-0.3, -0.25) is 14.4 Å². The minimum Gasteiger partial charge on any atom is -0.480 e. The number of nitrogens with one attached hydrogen (secondary N) is 2. The van der Waals surface area contributed by atoms with Crippen LogP contribution < -0.4 is 10.6 Å². The lowest BCUT2D eigenvalue weighted by Gasteiger charge is -2.15. The number of unbranched alkanes of at least 4 members (excludes halogenated alkanes) is 12. The summed E-state index contributed by atoms with van der Waals surface area (Å²) in [5.74, 6) is -2.51. The molecule has 0 rings (SSSR count). The fraction of sp³-hybridized carbons (Fsp3) is 0.667. The van der Waals surface area contributed by atoms with E-state index in [2.05, 4.69) is 73.1 Å². The minimum absolute atomic E-state index is 0.173. The first-order chi connectivity index (χ1) is 24.8. The summed E-state index contributed by atoms with van der Waals surface area (Å²) in [5, 5.41) is 22.5. The zero-order chi connectivity index (χ0) is 37.6. The van der Waals surface area contributed by atoms with Crippen LogP contribution in [0.3, 0.4) is 0 Å². The van der Waals surface area contributed by atoms with E-state index >= 15 is 0 Å². The van der Waals surface area contributed by atoms with E-state index in [9.17, 15) is 19.2 Å². The lowest BCUT2D eigenvalue weighted by atomic mass is 10.1. The Balaban J connectivity index is 4.51. The quantitative estimate of drug-likeness (QED) is 0.0296. The summed E-state index contributed by atoms with van der Waals surface area (Å²) in [6, 6.07) is -1.40. The predicted octanol–water partition coefficient (Wildman–Crippen LogP) is 8.98. The van der Waals surface area contributed by atoms with Crippen molar-refractivity contribution in [3.63, 3.8) is 0 Å². The molecule has 2 amide bonds. The number of rotatable bonds is 34. The number of aliphatic carboxylic acids is 1. The van der Waals surface area contributed by atoms with Crippen molar-refractivity contribution in [2.45, 2.75) is 167 Å². The Bertz CT molecular complexity index is 1050. The number of carboxylic acids is 1. The van der Waals surface area contributed by atoms with Gasteiger partial charge < -0.3 is 25.6 Å². The molecule has 2 atom stereocenters. The number of aliphatic hydroxyl groups excluding tert-OH is 1. The van der Waals surface area contributed by atoms with Crippen molar-refractivity contribution in [1.82, 2.24) is 10.6 Å². The minimum atomic E-state index is -1.40. The maximum absolute atomic E-state index is 12.7. The van der Waals surface area contributed by atoms with Gasteiger partial charge >= 0.3 is 11.9 Å². The van der Waals surface area contributed by atoms with E-state index in [4.69, 9.17) is 14.9 Å². The zero-order valence-electron chi connectivity index (χ0n) is 31.8. The fourth-order valence-corrected chi connectivity index (χ4v) is 5.21. The summed E-state index contributed by atoms with van der Waals surface area (Å²) in [7, 11) is 0. The number of carboxylic acid groups (broad SMARTS) is 1. The molecule has 9 nitrogen and oxygen atoms in total. The van der Waals surface area contributed by atoms with E-state index in [0.29, 0.717) is 19.3 Å². The summed E-state index contributed by atoms with van der Waals surface area (Å²) in [4.78, 5) is 47.5. The lowest BCUT2D eigenvalue weighted by molar-refractivity contribution is -0.147. The Morgan fingerprint density at radius 2 is 1.18 bits per heavy atom. The summed E-state index contributed by atoms with van der Waals surface area (Å²) in [6.45, 7) is 3.28. The summed E-state index contributed by atoms with van der Waals surface area (Å²) in [6.07, 6.45) is 42.6. The third-order valence-electron chi connectivity index (χ3n) is 8.23. The molecule has 0 spiro atoms. The smallest absolute Gasteiger partial charge is 0.328 e. The van der Waals surface area contributed by atoms with Crippen LogP contribution in [0.1, 0.15) is 155 Å². The van der Waals surface area contributed by atoms with E-state index in [-0.39, 0.29) is 30.9 Å². The Labute approximate surface area is 309 Å². The van der Waals surface area contributed by atoms with Crippen LogP contribution in [0.25, 0.3) is 0 Å². The molecule has 0 radical (unpaired) electrons. The van der Waals surface area contributed by atoms with Crippen LogP contribution in [0.4, 0.5) is 0 Å². The summed E-state index contributed by atoms with van der Waals surface area (Å²) < 4.78 is 5.85. The third-order valence-corrected chi connectivity index (χ3v) is 8.23. The van der Waals surface area contributed by atoms with Gasteiger partial charge in [-0.1, -0.05) is 120 Å². The van der Waals surface area contributed by atoms with Gasteiger partial charge in [-0.25, -0.2) is 4.79 Å². The molecule has 51 heavy (non-hydrogen) atoms. The number of hydrogen-bond acceptors (Lipinski definition) is 6. The fourth-order valence-electron chi connectivity index (χ4n) is 5.21. The first-order valence-corrected chi connectivity index (χ1v) is 19.7. The number of ether oxygens (including phenoxy) is 1. The van der Waals surface area contributed by atoms with E-state index in [1.165, 1.54) is 51.4 Å². The molecule has 0 saturated carbocycles. The molecule has 290 valence electrons. The van der Waals surface area contributed by atoms with Crippen LogP contribution in [0.5, 0.6) is 0 Å². The second-order valence-corrected chi connectivity index (χ2v) is 13.0. The number of carbonyl (C=O) groups is 4. The van der Waals surface area contributed by atoms with Crippen LogP contribution in [0.2, 0.25) is 0 Å². The van der Waals surface area contributed by atoms with Crippen LogP contribution in [-0.2, 0) is 23.9 Å². The zero-order valence-corrected chi connectivity index (χ0v) is 31.8. The highest BCUT2D eigenvalue weighted by atomic mass is 16.5. The lowest BCUT2D eigenvalue weighted by Crippen LogP contribution is -2.47. The number of allylic oxidation sites excluding steroid dienone is 9. The second-order valence-electron chi connectivity index (χ2n) is 13.0. The van der Waals surface area contributed by atoms with E-state index in [1.807, 2.05) is 12.2 Å². The molecule has 0 heterocycles. The highest BCUT2D eigenvalue weighted by Crippen LogP contribution is 2.14. The van der Waals surface area contributed by atoms with Gasteiger partial charge in [-0.05, 0) is 83.1 Å². The molecule has 4 N–H and O–H groups in total. The van der Waals surface area contributed by atoms with Crippen LogP contribution in [0.15, 0.2) is 60.8 Å². The van der Waals surface area contributed by atoms with Crippen molar-refractivity contribution in [3.8, 4) is 0 Å². The normalized spacial score (nSPS) is 13.2. The molecule has 0 aliphatic carbocycles. The molecule has 0 aromatic rings. The van der Waals surface area contributed by atoms with Gasteiger partial charge in [-0.15, -0.1) is 0 Å². The number of carbonyl (C=O) groups excluding carboxylic acids is 3. The van der Waals surface area contributed by atoms with Gasteiger partial charge in [0.1, 0.15) is 12.1 Å². The summed E-state index contributed by atoms with van der Waals surface area (Å²) >= 11 is 0. The first-order valence-electron chi connectivity index (χ1n) is 19.7. The van der Waals surface area contributed by atoms with Crippen LogP contribution >= 0.6 is 0 Å². The molecule has 0 fully saturated rings. The van der Waals surface area contributed by atoms with Crippen molar-refractivity contribution < 1.29 is 34.1 Å². The number of esters is 1. The largest absolute Gasteiger partial charge is 0.480 e. The monoisotopic (exact) mass is 715 g/mol. The molecule has 0 aromatic carbocycles. The standard InChI is InChI=1S/C42H70N2O7/c1-3-5-7-9-11-13-15-16-17-19-21-23-25-30-34-41(48)51-37(31-27-24-22-20-18-14-12-10-8-6-4-2)32-28-26-29-33-39(46)43-35-40(47)44-38(36-45)42(49)50/h6,8,12,14-16,20,22,27,31,37-38,45H,3-5,7,9-11,13,17-19,21,23-26,28-30,32-36H2,1-2H3,(H,43,46)(H,44,47)(H,49,50)/b8-6-,14-12-,16-15-,22-20-,31-27-. The highest BCUT2D eigenvalue weighted by molar-refractivity contribution is 5.87. The van der Waals surface area contributed by atoms with Gasteiger partial charge in [0.2, 0.25) is 11.8 Å². The Hall–Kier alpha value is -3.46. The number of amides is 2. The average Bonchev–Trinajstić information content (AvgIpc) is 3.11. The van der Waals surface area contributed by atoms with Gasteiger partial charge in [-0.2, -0.15) is 0 Å². The average molecular weight is 715 g/mol. The van der Waals surface area contributed by atoms with E-state index < -0.39 is 24.5 Å². The van der Waals surface area contributed by atoms with Crippen LogP contribution in [0, 0.1) is 0 Å². The molecule has 0 aliphatic rings. The Morgan fingerprint density at radius 3 is 1.78 bits per heavy atom. The predicted molar refractivity (Wildman–Crippen MR) is 208 cm³/mol. The SMILES string of the molecule is CC/C=C\C/C=C\C/C=C\C/C=C\C(CCCCCC(=O)NCC(=O)NC(CO)C(=O)O)OC(=O)CCCCCCC/C=C\CCCCCCC. The maximum Gasteiger partial charge on any atom is 0.328 e. The maximum atomic E-state index is 12.7. The second kappa shape index (κ2) is 36.3. The van der Waals surface area contributed by atoms with Crippen molar-refractivity contribution in [2.75, 3.05) is 13.2 Å². The van der Waals surface area contributed by atoms with Crippen molar-refractivity contribution in [2.24, 2.45) is 0 Å². The third kappa shape index (κ3) is 33.4. The molecule has 0 aromatic heterocycles. The molecule has 9 heteroatoms. The van der Waals surface area contributed by atoms with Gasteiger partial charge in [0.25, 0.3) is 0 Å². The first kappa shape index (κ1) is 47.5. The topological polar surface area (TPSA) is 142 Å². The molecule has 0 aliphatic heterocycles. The van der Waals surface area contributed by atoms with Gasteiger partial charge in [0, 0.05) is 12.8 Å². The number of hydrogen-bond donors (Lipinski definition) is 4. The van der Waals surface area contributed by atoms with Gasteiger partial charge in [0.05, 0.1) is 13.2 Å². The van der Waals surface area contributed by atoms with E-state index in [1.54, 1.807) is 0 Å². The highest BCUT2D eigenvalue weighted by Gasteiger charge is 2.18. The van der Waals surface area contributed by atoms with Crippen molar-refractivity contribution in [3.05, 3.63) is 60.8 Å². The van der Waals surface area contributed by atoms with Crippen molar-refractivity contribution in [1.29, 1.82) is 0 Å². The number of aliphatic hydroxyl groups is 1. The molecule has 2 unspecified atom stereocenters. The Kier molecular flexibility index (Phi) is 33.9. The van der Waals surface area contributed by atoms with Gasteiger partial charge in [0.15, 0.2) is 0 Å². The van der Waals surface area contributed by atoms with E-state index in [0.717, 1.165) is 64.2 Å². The summed E-state index contributed by atoms with van der Waals surface area (Å²) in [5.41, 5.74) is 0. The molecular formula is C42H70N2O7. The van der Waals surface area contributed by atoms with Crippen LogP contribution in [-0.4, -0.2) is 59.3 Å². The van der Waals surface area contributed by atoms with Crippen molar-refractivity contribution >= 4 is 23.8 Å². The Morgan fingerprint density at radius 1 is 0.627 bits per heavy atom. The molecule has 0 bridgehead atoms.